The van der Waals surface area contributed by atoms with Gasteiger partial charge in [0.2, 0.25) is 5.91 Å². The first kappa shape index (κ1) is 26.5. The number of piperazine rings is 1. The molecule has 0 saturated carbocycles. The molecular weight excluding hydrogens is 514 g/mol. The van der Waals surface area contributed by atoms with E-state index in [4.69, 9.17) is 16.3 Å². The third kappa shape index (κ3) is 7.04. The van der Waals surface area contributed by atoms with E-state index in [2.05, 4.69) is 20.6 Å². The van der Waals surface area contributed by atoms with Gasteiger partial charge in [-0.3, -0.25) is 19.2 Å². The maximum absolute atomic E-state index is 13.0. The molecule has 9 heteroatoms. The van der Waals surface area contributed by atoms with Crippen molar-refractivity contribution in [2.45, 2.75) is 26.6 Å². The Balaban J connectivity index is 1.22. The van der Waals surface area contributed by atoms with Crippen LogP contribution in [0.5, 0.6) is 5.75 Å². The van der Waals surface area contributed by atoms with Crippen molar-refractivity contribution >= 4 is 29.1 Å². The van der Waals surface area contributed by atoms with Gasteiger partial charge < -0.3 is 15.4 Å². The lowest BCUT2D eigenvalue weighted by molar-refractivity contribution is -0.124. The zero-order valence-electron chi connectivity index (χ0n) is 21.7. The fourth-order valence-corrected chi connectivity index (χ4v) is 4.66. The van der Waals surface area contributed by atoms with Crippen LogP contribution in [0.1, 0.15) is 32.9 Å². The highest BCUT2D eigenvalue weighted by Crippen LogP contribution is 2.25. The lowest BCUT2D eigenvalue weighted by atomic mass is 10.2. The maximum atomic E-state index is 13.0. The zero-order chi connectivity index (χ0) is 27.2. The number of nitrogens with one attached hydrogen (secondary N) is 2. The van der Waals surface area contributed by atoms with E-state index in [-0.39, 0.29) is 11.8 Å². The number of carbonyl (C=O) groups excluding carboxylic acids is 2. The molecule has 1 saturated heterocycles. The van der Waals surface area contributed by atoms with E-state index in [1.165, 1.54) is 0 Å². The molecule has 2 N–H and O–H groups in total. The Bertz CT molecular complexity index is 1450. The number of carbonyl (C=O) groups is 2. The van der Waals surface area contributed by atoms with Crippen LogP contribution in [0.15, 0.2) is 78.9 Å². The highest BCUT2D eigenvalue weighted by atomic mass is 35.5. The van der Waals surface area contributed by atoms with Crippen LogP contribution >= 0.6 is 11.6 Å². The van der Waals surface area contributed by atoms with Gasteiger partial charge in [0.05, 0.1) is 13.1 Å². The summed E-state index contributed by atoms with van der Waals surface area (Å²) in [5.74, 6) is 0.476. The molecule has 0 aliphatic carbocycles. The minimum atomic E-state index is -0.288. The maximum Gasteiger partial charge on any atom is 0.276 e. The van der Waals surface area contributed by atoms with Crippen LogP contribution in [0, 0.1) is 6.92 Å². The van der Waals surface area contributed by atoms with E-state index in [1.807, 2.05) is 73.7 Å². The number of aryl methyl sites for hydroxylation is 1. The summed E-state index contributed by atoms with van der Waals surface area (Å²) < 4.78 is 7.86. The fourth-order valence-electron chi connectivity index (χ4n) is 4.46. The molecule has 8 nitrogen and oxygen atoms in total. The molecule has 0 unspecified atom stereocenters. The topological polar surface area (TPSA) is 88.5 Å². The van der Waals surface area contributed by atoms with Crippen molar-refractivity contribution in [2.24, 2.45) is 0 Å². The predicted molar refractivity (Wildman–Crippen MR) is 151 cm³/mol. The third-order valence-corrected chi connectivity index (χ3v) is 6.76. The molecule has 1 aliphatic rings. The Morgan fingerprint density at radius 1 is 1.03 bits per heavy atom. The number of rotatable bonds is 9. The average molecular weight is 544 g/mol. The smallest absolute Gasteiger partial charge is 0.276 e. The monoisotopic (exact) mass is 543 g/mol. The van der Waals surface area contributed by atoms with Crippen molar-refractivity contribution in [3.05, 3.63) is 112 Å². The SMILES string of the molecule is Cc1cc(C(=O)Nc2ccc(CN3CCNC(=O)C3)cc2)nn1Cc1cc(Cl)ccc1OCc1ccccc1. The van der Waals surface area contributed by atoms with Crippen LogP contribution < -0.4 is 15.4 Å². The number of amides is 2. The number of anilines is 1. The molecule has 0 spiro atoms. The van der Waals surface area contributed by atoms with Crippen molar-refractivity contribution < 1.29 is 14.3 Å². The van der Waals surface area contributed by atoms with Crippen LogP contribution in [-0.2, 0) is 24.5 Å². The summed E-state index contributed by atoms with van der Waals surface area (Å²) >= 11 is 6.29. The summed E-state index contributed by atoms with van der Waals surface area (Å²) in [6.45, 7) is 5.33. The molecule has 1 aliphatic heterocycles. The van der Waals surface area contributed by atoms with Crippen LogP contribution in [0.2, 0.25) is 5.02 Å². The summed E-state index contributed by atoms with van der Waals surface area (Å²) in [6, 6.07) is 24.9. The third-order valence-electron chi connectivity index (χ3n) is 6.53. The lowest BCUT2D eigenvalue weighted by Gasteiger charge is -2.26. The number of nitrogens with zero attached hydrogens (tertiary/aromatic N) is 3. The molecule has 1 aromatic heterocycles. The Morgan fingerprint density at radius 2 is 1.82 bits per heavy atom. The largest absolute Gasteiger partial charge is 0.489 e. The second-order valence-corrected chi connectivity index (χ2v) is 10.0. The van der Waals surface area contributed by atoms with Crippen molar-refractivity contribution in [3.63, 3.8) is 0 Å². The normalized spacial score (nSPS) is 13.6. The lowest BCUT2D eigenvalue weighted by Crippen LogP contribution is -2.47. The minimum Gasteiger partial charge on any atom is -0.489 e. The van der Waals surface area contributed by atoms with Gasteiger partial charge in [-0.2, -0.15) is 5.10 Å². The van der Waals surface area contributed by atoms with E-state index in [9.17, 15) is 9.59 Å². The number of benzene rings is 3. The van der Waals surface area contributed by atoms with E-state index in [1.54, 1.807) is 16.8 Å². The second kappa shape index (κ2) is 12.1. The first-order chi connectivity index (χ1) is 18.9. The van der Waals surface area contributed by atoms with Crippen LogP contribution in [0.3, 0.4) is 0 Å². The highest BCUT2D eigenvalue weighted by Gasteiger charge is 2.17. The fraction of sp³-hybridized carbons (Fsp3) is 0.233. The summed E-state index contributed by atoms with van der Waals surface area (Å²) in [6.07, 6.45) is 0. The van der Waals surface area contributed by atoms with Crippen LogP contribution in [0.25, 0.3) is 0 Å². The van der Waals surface area contributed by atoms with Crippen molar-refractivity contribution in [1.82, 2.24) is 20.0 Å². The second-order valence-electron chi connectivity index (χ2n) is 9.57. The van der Waals surface area contributed by atoms with Crippen molar-refractivity contribution in [1.29, 1.82) is 0 Å². The van der Waals surface area contributed by atoms with Crippen molar-refractivity contribution in [2.75, 3.05) is 25.0 Å². The molecule has 5 rings (SSSR count). The molecule has 2 amide bonds. The molecule has 0 radical (unpaired) electrons. The van der Waals surface area contributed by atoms with Crippen molar-refractivity contribution in [3.8, 4) is 5.75 Å². The van der Waals surface area contributed by atoms with Gasteiger partial charge in [0.1, 0.15) is 12.4 Å². The summed E-state index contributed by atoms with van der Waals surface area (Å²) in [5, 5.41) is 10.9. The number of ether oxygens (including phenoxy) is 1. The zero-order valence-corrected chi connectivity index (χ0v) is 22.4. The van der Waals surface area contributed by atoms with Gasteiger partial charge >= 0.3 is 0 Å². The Kier molecular flexibility index (Phi) is 8.24. The van der Waals surface area contributed by atoms with Gasteiger partial charge in [-0.15, -0.1) is 0 Å². The number of halogens is 1. The Hall–Kier alpha value is -4.14. The van der Waals surface area contributed by atoms with Gasteiger partial charge in [0.15, 0.2) is 5.69 Å². The Morgan fingerprint density at radius 3 is 2.59 bits per heavy atom. The Labute approximate surface area is 232 Å². The van der Waals surface area contributed by atoms with E-state index in [0.29, 0.717) is 49.2 Å². The minimum absolute atomic E-state index is 0.0474. The number of aromatic nitrogens is 2. The average Bonchev–Trinajstić information content (AvgIpc) is 3.30. The van der Waals surface area contributed by atoms with Gasteiger partial charge in [-0.25, -0.2) is 0 Å². The van der Waals surface area contributed by atoms with Gasteiger partial charge in [-0.05, 0) is 54.4 Å². The molecular formula is C30H30ClN5O3. The predicted octanol–water partition coefficient (Wildman–Crippen LogP) is 4.66. The van der Waals surface area contributed by atoms with E-state index < -0.39 is 0 Å². The molecule has 2 heterocycles. The van der Waals surface area contributed by atoms with Crippen LogP contribution in [0.4, 0.5) is 5.69 Å². The molecule has 0 atom stereocenters. The molecule has 3 aromatic carbocycles. The van der Waals surface area contributed by atoms with E-state index >= 15 is 0 Å². The summed E-state index contributed by atoms with van der Waals surface area (Å²) in [7, 11) is 0. The number of hydrogen-bond donors (Lipinski definition) is 2. The molecule has 4 aromatic rings. The van der Waals surface area contributed by atoms with E-state index in [0.717, 1.165) is 34.7 Å². The van der Waals surface area contributed by atoms with Gasteiger partial charge in [0, 0.05) is 41.6 Å². The summed E-state index contributed by atoms with van der Waals surface area (Å²) in [5.41, 5.74) is 4.87. The van der Waals surface area contributed by atoms with Gasteiger partial charge in [0.25, 0.3) is 5.91 Å². The first-order valence-corrected chi connectivity index (χ1v) is 13.2. The molecule has 200 valence electrons. The standard InChI is InChI=1S/C30H30ClN5O3/c1-21-15-27(30(38)33-26-10-7-22(8-11-26)17-35-14-13-32-29(37)19-35)34-36(21)18-24-16-25(31)9-12-28(24)39-20-23-5-3-2-4-6-23/h2-12,15-16H,13-14,17-20H2,1H3,(H,32,37)(H,33,38). The molecule has 0 bridgehead atoms. The first-order valence-electron chi connectivity index (χ1n) is 12.8. The highest BCUT2D eigenvalue weighted by molar-refractivity contribution is 6.30. The number of hydrogen-bond acceptors (Lipinski definition) is 5. The summed E-state index contributed by atoms with van der Waals surface area (Å²) in [4.78, 5) is 26.7. The van der Waals surface area contributed by atoms with Gasteiger partial charge in [-0.1, -0.05) is 54.1 Å². The van der Waals surface area contributed by atoms with Crippen LogP contribution in [-0.4, -0.2) is 46.1 Å². The molecule has 1 fully saturated rings. The molecule has 39 heavy (non-hydrogen) atoms. The quantitative estimate of drug-likeness (QED) is 0.321.